The summed E-state index contributed by atoms with van der Waals surface area (Å²) < 4.78 is 19.2. The number of rotatable bonds is 2. The molecule has 6 heteroatoms. The van der Waals surface area contributed by atoms with Crippen LogP contribution >= 0.6 is 22.6 Å². The third kappa shape index (κ3) is 3.43. The molecule has 2 N–H and O–H groups in total. The third-order valence-electron chi connectivity index (χ3n) is 3.13. The second kappa shape index (κ2) is 6.15. The number of hydrogen-bond acceptors (Lipinski definition) is 3. The van der Waals surface area contributed by atoms with Gasteiger partial charge in [-0.15, -0.1) is 0 Å². The van der Waals surface area contributed by atoms with Crippen LogP contribution in [0.2, 0.25) is 0 Å². The van der Waals surface area contributed by atoms with Gasteiger partial charge < -0.3 is 15.4 Å². The Morgan fingerprint density at radius 1 is 1.63 bits per heavy atom. The molecule has 0 radical (unpaired) electrons. The van der Waals surface area contributed by atoms with Crippen LogP contribution in [0.4, 0.5) is 4.39 Å². The first-order chi connectivity index (χ1) is 8.99. The number of halogens is 2. The van der Waals surface area contributed by atoms with Crippen LogP contribution in [0.25, 0.3) is 0 Å². The van der Waals surface area contributed by atoms with Gasteiger partial charge in [-0.05, 0) is 47.7 Å². The van der Waals surface area contributed by atoms with E-state index in [1.807, 2.05) is 29.5 Å². The van der Waals surface area contributed by atoms with E-state index in [-0.39, 0.29) is 23.9 Å². The highest BCUT2D eigenvalue weighted by molar-refractivity contribution is 14.1. The van der Waals surface area contributed by atoms with Gasteiger partial charge in [0.15, 0.2) is 0 Å². The lowest BCUT2D eigenvalue weighted by Crippen LogP contribution is -2.51. The summed E-state index contributed by atoms with van der Waals surface area (Å²) in [5, 5.41) is 0. The number of nitrogens with two attached hydrogens (primary N) is 1. The van der Waals surface area contributed by atoms with E-state index in [9.17, 15) is 9.18 Å². The van der Waals surface area contributed by atoms with Crippen LogP contribution in [0.3, 0.4) is 0 Å². The summed E-state index contributed by atoms with van der Waals surface area (Å²) in [4.78, 5) is 14.1. The van der Waals surface area contributed by atoms with Crippen LogP contribution in [0.15, 0.2) is 18.2 Å². The van der Waals surface area contributed by atoms with Crippen LogP contribution in [0.5, 0.6) is 0 Å². The van der Waals surface area contributed by atoms with Crippen molar-refractivity contribution in [2.45, 2.75) is 19.1 Å². The minimum atomic E-state index is -0.337. The zero-order valence-electron chi connectivity index (χ0n) is 10.6. The van der Waals surface area contributed by atoms with Crippen molar-refractivity contribution in [3.63, 3.8) is 0 Å². The fraction of sp³-hybridized carbons (Fsp3) is 0.462. The van der Waals surface area contributed by atoms with Gasteiger partial charge >= 0.3 is 0 Å². The predicted octanol–water partition coefficient (Wildman–Crippen LogP) is 1.62. The Bertz CT molecular complexity index is 482. The average molecular weight is 378 g/mol. The zero-order chi connectivity index (χ0) is 14.0. The molecule has 0 aromatic heterocycles. The number of ether oxygens (including phenoxy) is 1. The van der Waals surface area contributed by atoms with Gasteiger partial charge in [-0.1, -0.05) is 0 Å². The Morgan fingerprint density at radius 3 is 3.00 bits per heavy atom. The van der Waals surface area contributed by atoms with Gasteiger partial charge in [0.2, 0.25) is 0 Å². The lowest BCUT2D eigenvalue weighted by molar-refractivity contribution is -0.0300. The Labute approximate surface area is 125 Å². The molecule has 0 saturated carbocycles. The maximum absolute atomic E-state index is 13.1. The number of nitrogens with zero attached hydrogens (tertiary/aromatic N) is 1. The van der Waals surface area contributed by atoms with E-state index in [1.54, 1.807) is 4.90 Å². The molecule has 104 valence electrons. The van der Waals surface area contributed by atoms with E-state index in [0.29, 0.717) is 28.8 Å². The molecular weight excluding hydrogens is 362 g/mol. The van der Waals surface area contributed by atoms with Gasteiger partial charge in [-0.25, -0.2) is 4.39 Å². The van der Waals surface area contributed by atoms with Crippen LogP contribution in [0.1, 0.15) is 17.3 Å². The van der Waals surface area contributed by atoms with E-state index < -0.39 is 0 Å². The van der Waals surface area contributed by atoms with Gasteiger partial charge in [0.1, 0.15) is 5.82 Å². The normalized spacial score (nSPS) is 21.3. The number of morpholine rings is 1. The summed E-state index contributed by atoms with van der Waals surface area (Å²) in [5.41, 5.74) is 6.32. The Morgan fingerprint density at radius 2 is 2.37 bits per heavy atom. The molecule has 1 saturated heterocycles. The van der Waals surface area contributed by atoms with Gasteiger partial charge in [0, 0.05) is 22.7 Å². The summed E-state index contributed by atoms with van der Waals surface area (Å²) in [5.74, 6) is -0.435. The molecule has 1 aromatic rings. The Hall–Kier alpha value is -0.730. The third-order valence-corrected chi connectivity index (χ3v) is 4.02. The fourth-order valence-corrected chi connectivity index (χ4v) is 2.72. The van der Waals surface area contributed by atoms with Crippen molar-refractivity contribution >= 4 is 28.5 Å². The molecule has 1 heterocycles. The first kappa shape index (κ1) is 14.7. The number of amides is 1. The second-order valence-corrected chi connectivity index (χ2v) is 5.81. The van der Waals surface area contributed by atoms with Crippen LogP contribution in [-0.2, 0) is 4.74 Å². The van der Waals surface area contributed by atoms with Crippen LogP contribution < -0.4 is 5.73 Å². The first-order valence-electron chi connectivity index (χ1n) is 6.10. The number of carbonyl (C=O) groups is 1. The molecule has 4 nitrogen and oxygen atoms in total. The van der Waals surface area contributed by atoms with Gasteiger partial charge in [-0.2, -0.15) is 0 Å². The first-order valence-corrected chi connectivity index (χ1v) is 7.18. The standard InChI is InChI=1S/C13H16FIN2O2/c1-8(16)12-7-17(4-5-19-12)13(18)10-3-2-9(14)6-11(10)15/h2-3,6,8,12H,4-5,7,16H2,1H3. The monoisotopic (exact) mass is 378 g/mol. The van der Waals surface area contributed by atoms with E-state index in [2.05, 4.69) is 0 Å². The quantitative estimate of drug-likeness (QED) is 0.796. The molecule has 19 heavy (non-hydrogen) atoms. The molecule has 1 aliphatic heterocycles. The smallest absolute Gasteiger partial charge is 0.255 e. The Kier molecular flexibility index (Phi) is 4.75. The zero-order valence-corrected chi connectivity index (χ0v) is 12.8. The van der Waals surface area contributed by atoms with Crippen molar-refractivity contribution in [3.8, 4) is 0 Å². The molecule has 2 atom stereocenters. The summed E-state index contributed by atoms with van der Waals surface area (Å²) in [6, 6.07) is 4.06. The molecular formula is C13H16FIN2O2. The van der Waals surface area contributed by atoms with Crippen LogP contribution in [0, 0.1) is 9.39 Å². The van der Waals surface area contributed by atoms with Crippen LogP contribution in [-0.4, -0.2) is 42.6 Å². The molecule has 1 amide bonds. The van der Waals surface area contributed by atoms with Crippen molar-refractivity contribution in [1.29, 1.82) is 0 Å². The van der Waals surface area contributed by atoms with Gasteiger partial charge in [0.05, 0.1) is 18.3 Å². The number of carbonyl (C=O) groups excluding carboxylic acids is 1. The van der Waals surface area contributed by atoms with Crippen molar-refractivity contribution in [2.75, 3.05) is 19.7 Å². The summed E-state index contributed by atoms with van der Waals surface area (Å²) in [7, 11) is 0. The minimum absolute atomic E-state index is 0.0987. The molecule has 0 aliphatic carbocycles. The van der Waals surface area contributed by atoms with Crippen molar-refractivity contribution in [3.05, 3.63) is 33.1 Å². The maximum atomic E-state index is 13.1. The molecule has 0 bridgehead atoms. The summed E-state index contributed by atoms with van der Waals surface area (Å²) in [6.45, 7) is 3.36. The van der Waals surface area contributed by atoms with E-state index in [1.165, 1.54) is 18.2 Å². The highest BCUT2D eigenvalue weighted by Gasteiger charge is 2.27. The second-order valence-electron chi connectivity index (χ2n) is 4.64. The minimum Gasteiger partial charge on any atom is -0.373 e. The maximum Gasteiger partial charge on any atom is 0.255 e. The number of hydrogen-bond donors (Lipinski definition) is 1. The highest BCUT2D eigenvalue weighted by Crippen LogP contribution is 2.18. The molecule has 2 unspecified atom stereocenters. The van der Waals surface area contributed by atoms with E-state index in [0.717, 1.165) is 0 Å². The summed E-state index contributed by atoms with van der Waals surface area (Å²) >= 11 is 1.97. The van der Waals surface area contributed by atoms with E-state index in [4.69, 9.17) is 10.5 Å². The lowest BCUT2D eigenvalue weighted by atomic mass is 10.1. The van der Waals surface area contributed by atoms with Gasteiger partial charge in [-0.3, -0.25) is 4.79 Å². The molecule has 1 fully saturated rings. The molecule has 2 rings (SSSR count). The topological polar surface area (TPSA) is 55.6 Å². The van der Waals surface area contributed by atoms with Crippen molar-refractivity contribution in [2.24, 2.45) is 5.73 Å². The molecule has 1 aromatic carbocycles. The summed E-state index contributed by atoms with van der Waals surface area (Å²) in [6.07, 6.45) is -0.143. The lowest BCUT2D eigenvalue weighted by Gasteiger charge is -2.34. The SMILES string of the molecule is CC(N)C1CN(C(=O)c2ccc(F)cc2I)CCO1. The highest BCUT2D eigenvalue weighted by atomic mass is 127. The average Bonchev–Trinajstić information content (AvgIpc) is 2.38. The largest absolute Gasteiger partial charge is 0.373 e. The van der Waals surface area contributed by atoms with E-state index >= 15 is 0 Å². The van der Waals surface area contributed by atoms with Crippen molar-refractivity contribution in [1.82, 2.24) is 4.90 Å². The molecule has 1 aliphatic rings. The van der Waals surface area contributed by atoms with Gasteiger partial charge in [0.25, 0.3) is 5.91 Å². The Balaban J connectivity index is 2.15. The fourth-order valence-electron chi connectivity index (χ4n) is 2.01. The number of benzene rings is 1. The predicted molar refractivity (Wildman–Crippen MR) is 78.4 cm³/mol. The van der Waals surface area contributed by atoms with Crippen molar-refractivity contribution < 1.29 is 13.9 Å². The molecule has 0 spiro atoms.